The first-order chi connectivity index (χ1) is 12.2. The predicted octanol–water partition coefficient (Wildman–Crippen LogP) is 3.20. The van der Waals surface area contributed by atoms with Gasteiger partial charge < -0.3 is 5.32 Å². The number of hydrogen-bond donors (Lipinski definition) is 1. The summed E-state index contributed by atoms with van der Waals surface area (Å²) < 4.78 is 42.7. The Morgan fingerprint density at radius 1 is 1.42 bits per heavy atom. The van der Waals surface area contributed by atoms with Gasteiger partial charge in [-0.1, -0.05) is 11.6 Å². The smallest absolute Gasteiger partial charge is 0.321 e. The van der Waals surface area contributed by atoms with Gasteiger partial charge in [0.05, 0.1) is 5.02 Å². The summed E-state index contributed by atoms with van der Waals surface area (Å²) in [6, 6.07) is 3.62. The molecule has 1 aromatic carbocycles. The van der Waals surface area contributed by atoms with Crippen LogP contribution in [0.4, 0.5) is 10.1 Å². The number of amides is 1. The van der Waals surface area contributed by atoms with Crippen molar-refractivity contribution in [2.75, 3.05) is 12.4 Å². The third-order valence-corrected chi connectivity index (χ3v) is 6.46. The maximum Gasteiger partial charge on any atom is 0.345 e. The molecule has 0 fully saturated rings. The van der Waals surface area contributed by atoms with Crippen LogP contribution < -0.4 is 5.32 Å². The Morgan fingerprint density at radius 3 is 2.77 bits per heavy atom. The maximum absolute atomic E-state index is 13.2. The summed E-state index contributed by atoms with van der Waals surface area (Å²) in [5.74, 6) is -1.35. The zero-order chi connectivity index (χ0) is 19.1. The summed E-state index contributed by atoms with van der Waals surface area (Å²) in [5, 5.41) is 4.31. The van der Waals surface area contributed by atoms with Crippen LogP contribution in [0.5, 0.6) is 0 Å². The second kappa shape index (κ2) is 7.06. The number of halogens is 3. The van der Waals surface area contributed by atoms with Gasteiger partial charge in [-0.15, -0.1) is 15.7 Å². The molecule has 0 radical (unpaired) electrons. The molecule has 1 amide bonds. The summed E-state index contributed by atoms with van der Waals surface area (Å²) in [4.78, 5) is 16.7. The zero-order valence-corrected chi connectivity index (χ0v) is 16.9. The number of rotatable bonds is 3. The summed E-state index contributed by atoms with van der Waals surface area (Å²) in [7, 11) is -2.89. The van der Waals surface area contributed by atoms with Crippen LogP contribution in [0.2, 0.25) is 5.02 Å². The van der Waals surface area contributed by atoms with Crippen molar-refractivity contribution < 1.29 is 17.6 Å². The first-order valence-electron chi connectivity index (χ1n) is 6.86. The quantitative estimate of drug-likeness (QED) is 0.732. The molecule has 1 N–H and O–H groups in total. The molecule has 2 heterocycles. The van der Waals surface area contributed by atoms with Crippen LogP contribution in [0.25, 0.3) is 0 Å². The Bertz CT molecular complexity index is 1070. The molecule has 26 heavy (non-hydrogen) atoms. The highest BCUT2D eigenvalue weighted by Gasteiger charge is 2.31. The molecule has 136 valence electrons. The summed E-state index contributed by atoms with van der Waals surface area (Å²) in [6.07, 6.45) is 1.31. The van der Waals surface area contributed by atoms with E-state index in [0.29, 0.717) is 9.61 Å². The standard InChI is InChI=1S/C14H9BrClFN4O3S2/c1-21-11(13(22)18-7-2-3-9(17)8(16)4-7)5-10(20-26(21,23)24)14-19-12(15)6-25-14/h2-6H,1H3,(H,18,22). The van der Waals surface area contributed by atoms with Crippen molar-refractivity contribution in [1.29, 1.82) is 0 Å². The largest absolute Gasteiger partial charge is 0.345 e. The lowest BCUT2D eigenvalue weighted by Crippen LogP contribution is -2.35. The molecule has 0 bridgehead atoms. The van der Waals surface area contributed by atoms with Crippen molar-refractivity contribution in [3.05, 3.63) is 55.8 Å². The normalized spacial score (nSPS) is 16.1. The molecule has 1 aliphatic heterocycles. The molecular weight excluding hydrogens is 471 g/mol. The number of aromatic nitrogens is 1. The predicted molar refractivity (Wildman–Crippen MR) is 101 cm³/mol. The van der Waals surface area contributed by atoms with Gasteiger partial charge >= 0.3 is 10.2 Å². The average molecular weight is 480 g/mol. The highest BCUT2D eigenvalue weighted by Crippen LogP contribution is 2.25. The first-order valence-corrected chi connectivity index (χ1v) is 10.3. The van der Waals surface area contributed by atoms with E-state index in [4.69, 9.17) is 11.6 Å². The number of carbonyl (C=O) groups is 1. The second-order valence-electron chi connectivity index (χ2n) is 5.01. The van der Waals surface area contributed by atoms with Gasteiger partial charge in [-0.3, -0.25) is 4.79 Å². The van der Waals surface area contributed by atoms with E-state index in [2.05, 4.69) is 30.6 Å². The first kappa shape index (κ1) is 19.0. The molecule has 1 aromatic heterocycles. The topological polar surface area (TPSA) is 91.7 Å². The number of hydrogen-bond acceptors (Lipinski definition) is 5. The van der Waals surface area contributed by atoms with Crippen LogP contribution in [0.1, 0.15) is 5.01 Å². The fraction of sp³-hybridized carbons (Fsp3) is 0.0714. The summed E-state index contributed by atoms with van der Waals surface area (Å²) in [6.45, 7) is 0. The number of allylic oxidation sites excluding steroid dienone is 1. The maximum atomic E-state index is 13.2. The Labute approximate surface area is 165 Å². The summed E-state index contributed by atoms with van der Waals surface area (Å²) in [5.41, 5.74) is 0.0945. The molecule has 0 atom stereocenters. The lowest BCUT2D eigenvalue weighted by atomic mass is 10.2. The number of carbonyl (C=O) groups excluding carboxylic acids is 1. The molecule has 0 saturated carbocycles. The molecule has 2 aromatic rings. The highest BCUT2D eigenvalue weighted by molar-refractivity contribution is 9.10. The van der Waals surface area contributed by atoms with Crippen molar-refractivity contribution in [2.45, 2.75) is 0 Å². The van der Waals surface area contributed by atoms with Crippen LogP contribution in [-0.2, 0) is 15.0 Å². The molecule has 0 spiro atoms. The number of benzene rings is 1. The van der Waals surface area contributed by atoms with E-state index in [9.17, 15) is 17.6 Å². The zero-order valence-electron chi connectivity index (χ0n) is 12.9. The van der Waals surface area contributed by atoms with Gasteiger partial charge in [0.1, 0.15) is 26.8 Å². The monoisotopic (exact) mass is 478 g/mol. The lowest BCUT2D eigenvalue weighted by Gasteiger charge is -2.23. The lowest BCUT2D eigenvalue weighted by molar-refractivity contribution is -0.113. The van der Waals surface area contributed by atoms with Crippen molar-refractivity contribution >= 4 is 66.4 Å². The van der Waals surface area contributed by atoms with Crippen LogP contribution in [0.3, 0.4) is 0 Å². The third kappa shape index (κ3) is 3.80. The van der Waals surface area contributed by atoms with Crippen LogP contribution in [-0.4, -0.2) is 36.4 Å². The fourth-order valence-corrected chi connectivity index (χ4v) is 4.35. The Morgan fingerprint density at radius 2 is 2.15 bits per heavy atom. The Hall–Kier alpha value is -1.82. The minimum absolute atomic E-state index is 0.0427. The third-order valence-electron chi connectivity index (χ3n) is 3.28. The van der Waals surface area contributed by atoms with Crippen molar-refractivity contribution in [1.82, 2.24) is 9.29 Å². The van der Waals surface area contributed by atoms with Gasteiger partial charge in [-0.2, -0.15) is 8.42 Å². The highest BCUT2D eigenvalue weighted by atomic mass is 79.9. The second-order valence-corrected chi connectivity index (χ2v) is 8.71. The van der Waals surface area contributed by atoms with E-state index in [1.807, 2.05) is 0 Å². The molecule has 1 aliphatic rings. The number of thiazole rings is 1. The van der Waals surface area contributed by atoms with Gasteiger partial charge in [0.15, 0.2) is 0 Å². The van der Waals surface area contributed by atoms with E-state index < -0.39 is 21.9 Å². The van der Waals surface area contributed by atoms with Crippen LogP contribution in [0, 0.1) is 5.82 Å². The van der Waals surface area contributed by atoms with Gasteiger partial charge in [-0.05, 0) is 40.2 Å². The van der Waals surface area contributed by atoms with Crippen LogP contribution >= 0.6 is 38.9 Å². The summed E-state index contributed by atoms with van der Waals surface area (Å²) >= 11 is 10.0. The average Bonchev–Trinajstić information content (AvgIpc) is 2.99. The molecule has 3 rings (SSSR count). The molecule has 0 aliphatic carbocycles. The number of anilines is 1. The number of likely N-dealkylation sites (N-methyl/N-ethyl adjacent to an activating group) is 1. The fourth-order valence-electron chi connectivity index (χ4n) is 2.01. The molecule has 0 unspecified atom stereocenters. The Kier molecular flexibility index (Phi) is 5.15. The van der Waals surface area contributed by atoms with Gasteiger partial charge in [0.25, 0.3) is 5.91 Å². The SMILES string of the molecule is CN1C(C(=O)Nc2ccc(F)c(Cl)c2)=CC(c2nc(Br)cs2)=NS1(=O)=O. The molecule has 12 heteroatoms. The van der Waals surface area contributed by atoms with E-state index in [-0.39, 0.29) is 22.1 Å². The number of nitrogens with one attached hydrogen (secondary N) is 1. The number of nitrogens with zero attached hydrogens (tertiary/aromatic N) is 3. The molecule has 7 nitrogen and oxygen atoms in total. The van der Waals surface area contributed by atoms with Crippen molar-refractivity contribution in [3.8, 4) is 0 Å². The van der Waals surface area contributed by atoms with E-state index in [1.54, 1.807) is 5.38 Å². The van der Waals surface area contributed by atoms with Gasteiger partial charge in [0, 0.05) is 18.1 Å². The van der Waals surface area contributed by atoms with Crippen molar-refractivity contribution in [2.24, 2.45) is 4.40 Å². The van der Waals surface area contributed by atoms with E-state index in [0.717, 1.165) is 10.4 Å². The van der Waals surface area contributed by atoms with Crippen molar-refractivity contribution in [3.63, 3.8) is 0 Å². The van der Waals surface area contributed by atoms with E-state index in [1.165, 1.54) is 36.6 Å². The molecule has 0 saturated heterocycles. The minimum Gasteiger partial charge on any atom is -0.321 e. The van der Waals surface area contributed by atoms with Gasteiger partial charge in [-0.25, -0.2) is 13.7 Å². The van der Waals surface area contributed by atoms with E-state index >= 15 is 0 Å². The van der Waals surface area contributed by atoms with Gasteiger partial charge in [0.2, 0.25) is 0 Å². The van der Waals surface area contributed by atoms with Crippen LogP contribution in [0.15, 0.2) is 44.4 Å². The minimum atomic E-state index is -4.09. The Balaban J connectivity index is 1.95. The molecular formula is C14H9BrClFN4O3S2.